The van der Waals surface area contributed by atoms with E-state index in [0.29, 0.717) is 18.7 Å². The van der Waals surface area contributed by atoms with Gasteiger partial charge in [0.15, 0.2) is 5.78 Å². The van der Waals surface area contributed by atoms with Gasteiger partial charge in [0.1, 0.15) is 0 Å². The number of benzene rings is 2. The lowest BCUT2D eigenvalue weighted by Gasteiger charge is -2.16. The molecule has 0 saturated heterocycles. The summed E-state index contributed by atoms with van der Waals surface area (Å²) in [6, 6.07) is 15.1. The van der Waals surface area contributed by atoms with Crippen LogP contribution >= 0.6 is 27.5 Å². The van der Waals surface area contributed by atoms with Gasteiger partial charge in [0.05, 0.1) is 6.54 Å². The second-order valence-electron chi connectivity index (χ2n) is 4.70. The SMILES string of the molecule is CN(CC(=O)c1cccc(Br)c1)Cc1ccccc1Cl. The first-order valence-corrected chi connectivity index (χ1v) is 7.44. The van der Waals surface area contributed by atoms with Crippen LogP contribution in [0.25, 0.3) is 0 Å². The molecule has 0 aliphatic carbocycles. The number of hydrogen-bond donors (Lipinski definition) is 0. The highest BCUT2D eigenvalue weighted by Crippen LogP contribution is 2.17. The molecule has 20 heavy (non-hydrogen) atoms. The van der Waals surface area contributed by atoms with E-state index in [0.717, 1.165) is 15.1 Å². The molecule has 104 valence electrons. The van der Waals surface area contributed by atoms with Gasteiger partial charge in [-0.05, 0) is 30.8 Å². The molecule has 0 radical (unpaired) electrons. The summed E-state index contributed by atoms with van der Waals surface area (Å²) in [6.07, 6.45) is 0. The fourth-order valence-electron chi connectivity index (χ4n) is 1.97. The maximum atomic E-state index is 12.2. The van der Waals surface area contributed by atoms with E-state index in [1.807, 2.05) is 60.5 Å². The van der Waals surface area contributed by atoms with E-state index in [-0.39, 0.29) is 5.78 Å². The quantitative estimate of drug-likeness (QED) is 0.743. The van der Waals surface area contributed by atoms with Crippen LogP contribution in [0, 0.1) is 0 Å². The first-order chi connectivity index (χ1) is 9.56. The third-order valence-electron chi connectivity index (χ3n) is 2.96. The number of carbonyl (C=O) groups excluding carboxylic acids is 1. The molecule has 0 aliphatic rings. The van der Waals surface area contributed by atoms with Gasteiger partial charge in [0.2, 0.25) is 0 Å². The fourth-order valence-corrected chi connectivity index (χ4v) is 2.57. The topological polar surface area (TPSA) is 20.3 Å². The Morgan fingerprint density at radius 1 is 1.20 bits per heavy atom. The Kier molecular flexibility index (Phi) is 5.35. The first kappa shape index (κ1) is 15.2. The number of likely N-dealkylation sites (N-methyl/N-ethyl adjacent to an activating group) is 1. The smallest absolute Gasteiger partial charge is 0.176 e. The van der Waals surface area contributed by atoms with E-state index in [1.165, 1.54) is 0 Å². The summed E-state index contributed by atoms with van der Waals surface area (Å²) in [4.78, 5) is 14.1. The molecule has 0 aromatic heterocycles. The van der Waals surface area contributed by atoms with Crippen molar-refractivity contribution in [2.45, 2.75) is 6.54 Å². The van der Waals surface area contributed by atoms with E-state index in [1.54, 1.807) is 0 Å². The average Bonchev–Trinajstić information content (AvgIpc) is 2.41. The molecule has 2 aromatic carbocycles. The van der Waals surface area contributed by atoms with Gasteiger partial charge in [0, 0.05) is 21.6 Å². The van der Waals surface area contributed by atoms with E-state index in [2.05, 4.69) is 15.9 Å². The molecule has 2 rings (SSSR count). The number of Topliss-reactive ketones (excluding diaryl/α,β-unsaturated/α-hetero) is 1. The minimum absolute atomic E-state index is 0.0980. The minimum Gasteiger partial charge on any atom is -0.295 e. The molecule has 0 unspecified atom stereocenters. The molecular weight excluding hydrogens is 338 g/mol. The number of hydrogen-bond acceptors (Lipinski definition) is 2. The third kappa shape index (κ3) is 4.17. The highest BCUT2D eigenvalue weighted by molar-refractivity contribution is 9.10. The zero-order valence-corrected chi connectivity index (χ0v) is 13.5. The number of carbonyl (C=O) groups is 1. The third-order valence-corrected chi connectivity index (χ3v) is 3.82. The van der Waals surface area contributed by atoms with Crippen molar-refractivity contribution in [3.63, 3.8) is 0 Å². The molecule has 0 bridgehead atoms. The van der Waals surface area contributed by atoms with E-state index in [9.17, 15) is 4.79 Å². The highest BCUT2D eigenvalue weighted by atomic mass is 79.9. The summed E-state index contributed by atoms with van der Waals surface area (Å²) >= 11 is 9.50. The van der Waals surface area contributed by atoms with E-state index >= 15 is 0 Å². The molecule has 0 amide bonds. The Labute approximate surface area is 132 Å². The summed E-state index contributed by atoms with van der Waals surface area (Å²) in [5, 5.41) is 0.731. The molecule has 0 spiro atoms. The summed E-state index contributed by atoms with van der Waals surface area (Å²) in [5.41, 5.74) is 1.74. The molecule has 0 fully saturated rings. The zero-order chi connectivity index (χ0) is 14.5. The number of nitrogens with zero attached hydrogens (tertiary/aromatic N) is 1. The molecule has 2 nitrogen and oxygen atoms in total. The molecule has 2 aromatic rings. The second-order valence-corrected chi connectivity index (χ2v) is 6.02. The van der Waals surface area contributed by atoms with E-state index in [4.69, 9.17) is 11.6 Å². The molecular formula is C16H15BrClNO. The van der Waals surface area contributed by atoms with Crippen LogP contribution in [0.2, 0.25) is 5.02 Å². The monoisotopic (exact) mass is 351 g/mol. The number of rotatable bonds is 5. The lowest BCUT2D eigenvalue weighted by atomic mass is 10.1. The number of ketones is 1. The second kappa shape index (κ2) is 7.02. The van der Waals surface area contributed by atoms with Crippen LogP contribution in [0.15, 0.2) is 53.0 Å². The van der Waals surface area contributed by atoms with Crippen molar-refractivity contribution in [1.82, 2.24) is 4.90 Å². The van der Waals surface area contributed by atoms with Crippen LogP contribution in [0.1, 0.15) is 15.9 Å². The standard InChI is InChI=1S/C16H15BrClNO/c1-19(10-13-5-2-3-8-15(13)18)11-16(20)12-6-4-7-14(17)9-12/h2-9H,10-11H2,1H3. The van der Waals surface area contributed by atoms with Gasteiger partial charge < -0.3 is 0 Å². The Morgan fingerprint density at radius 2 is 1.95 bits per heavy atom. The van der Waals surface area contributed by atoms with Crippen molar-refractivity contribution in [2.75, 3.05) is 13.6 Å². The van der Waals surface area contributed by atoms with Crippen molar-refractivity contribution in [3.05, 3.63) is 69.2 Å². The Hall–Kier alpha value is -1.16. The predicted octanol–water partition coefficient (Wildman–Crippen LogP) is 4.42. The van der Waals surface area contributed by atoms with Gasteiger partial charge in [-0.3, -0.25) is 9.69 Å². The summed E-state index contributed by atoms with van der Waals surface area (Å²) in [5.74, 6) is 0.0980. The summed E-state index contributed by atoms with van der Waals surface area (Å²) in [7, 11) is 1.92. The lowest BCUT2D eigenvalue weighted by molar-refractivity contribution is 0.0943. The Bertz CT molecular complexity index is 615. The highest BCUT2D eigenvalue weighted by Gasteiger charge is 2.11. The van der Waals surface area contributed by atoms with Crippen LogP contribution in [-0.2, 0) is 6.54 Å². The molecule has 0 aliphatic heterocycles. The molecule has 0 saturated carbocycles. The normalized spacial score (nSPS) is 10.8. The van der Waals surface area contributed by atoms with Crippen LogP contribution in [-0.4, -0.2) is 24.3 Å². The van der Waals surface area contributed by atoms with Crippen LogP contribution in [0.4, 0.5) is 0 Å². The van der Waals surface area contributed by atoms with Crippen LogP contribution < -0.4 is 0 Å². The lowest BCUT2D eigenvalue weighted by Crippen LogP contribution is -2.25. The van der Waals surface area contributed by atoms with Gasteiger partial charge >= 0.3 is 0 Å². The molecule has 0 N–H and O–H groups in total. The minimum atomic E-state index is 0.0980. The summed E-state index contributed by atoms with van der Waals surface area (Å²) < 4.78 is 0.914. The Balaban J connectivity index is 2.00. The maximum Gasteiger partial charge on any atom is 0.176 e. The zero-order valence-electron chi connectivity index (χ0n) is 11.1. The fraction of sp³-hybridized carbons (Fsp3) is 0.188. The van der Waals surface area contributed by atoms with Gasteiger partial charge in [0.25, 0.3) is 0 Å². The molecule has 0 heterocycles. The predicted molar refractivity (Wildman–Crippen MR) is 86.3 cm³/mol. The van der Waals surface area contributed by atoms with Crippen LogP contribution in [0.3, 0.4) is 0 Å². The van der Waals surface area contributed by atoms with Crippen molar-refractivity contribution in [3.8, 4) is 0 Å². The Morgan fingerprint density at radius 3 is 2.65 bits per heavy atom. The van der Waals surface area contributed by atoms with E-state index < -0.39 is 0 Å². The largest absolute Gasteiger partial charge is 0.295 e. The summed E-state index contributed by atoms with van der Waals surface area (Å²) in [6.45, 7) is 1.01. The van der Waals surface area contributed by atoms with Crippen molar-refractivity contribution in [1.29, 1.82) is 0 Å². The molecule has 4 heteroatoms. The van der Waals surface area contributed by atoms with Crippen molar-refractivity contribution >= 4 is 33.3 Å². The molecule has 0 atom stereocenters. The maximum absolute atomic E-state index is 12.2. The van der Waals surface area contributed by atoms with Gasteiger partial charge in [-0.25, -0.2) is 0 Å². The first-order valence-electron chi connectivity index (χ1n) is 6.27. The average molecular weight is 353 g/mol. The van der Waals surface area contributed by atoms with Crippen molar-refractivity contribution in [2.24, 2.45) is 0 Å². The van der Waals surface area contributed by atoms with Gasteiger partial charge in [-0.2, -0.15) is 0 Å². The van der Waals surface area contributed by atoms with Crippen molar-refractivity contribution < 1.29 is 4.79 Å². The van der Waals surface area contributed by atoms with Gasteiger partial charge in [-0.15, -0.1) is 0 Å². The number of halogens is 2. The van der Waals surface area contributed by atoms with Crippen LogP contribution in [0.5, 0.6) is 0 Å². The van der Waals surface area contributed by atoms with Gasteiger partial charge in [-0.1, -0.05) is 57.9 Å².